The molecule has 0 spiro atoms. The smallest absolute Gasteiger partial charge is 0.443 e. The Morgan fingerprint density at radius 1 is 0.978 bits per heavy atom. The minimum absolute atomic E-state index is 0.00152. The van der Waals surface area contributed by atoms with Crippen molar-refractivity contribution in [2.24, 2.45) is 7.05 Å². The highest BCUT2D eigenvalue weighted by molar-refractivity contribution is 7.92. The lowest BCUT2D eigenvalue weighted by molar-refractivity contribution is -0.274. The molecular weight excluding hydrogens is 633 g/mol. The number of nitrogens with zero attached hydrogens (tertiary/aromatic N) is 3. The molecular formula is C32H30F5N3O5S. The zero-order chi connectivity index (χ0) is 33.9. The predicted octanol–water partition coefficient (Wildman–Crippen LogP) is 6.96. The molecule has 46 heavy (non-hydrogen) atoms. The van der Waals surface area contributed by atoms with Gasteiger partial charge in [0.25, 0.3) is 0 Å². The monoisotopic (exact) mass is 663 g/mol. The van der Waals surface area contributed by atoms with Gasteiger partial charge in [0.05, 0.1) is 5.69 Å². The minimum Gasteiger partial charge on any atom is -0.443 e. The van der Waals surface area contributed by atoms with Gasteiger partial charge in [-0.2, -0.15) is 13.9 Å². The number of aryl methyl sites for hydroxylation is 2. The van der Waals surface area contributed by atoms with Gasteiger partial charge in [-0.1, -0.05) is 42.5 Å². The molecule has 0 fully saturated rings. The fourth-order valence-electron chi connectivity index (χ4n) is 5.48. The van der Waals surface area contributed by atoms with Crippen LogP contribution < -0.4 is 4.74 Å². The van der Waals surface area contributed by atoms with E-state index >= 15 is 8.78 Å². The number of ether oxygens (including phenoxy) is 1. The van der Waals surface area contributed by atoms with Gasteiger partial charge < -0.3 is 14.3 Å². The van der Waals surface area contributed by atoms with Crippen molar-refractivity contribution in [2.45, 2.75) is 49.8 Å². The molecule has 0 radical (unpaired) electrons. The number of hydrogen-bond donors (Lipinski definition) is 1. The molecule has 8 nitrogen and oxygen atoms in total. The summed E-state index contributed by atoms with van der Waals surface area (Å²) in [5, 5.41) is 14.2. The van der Waals surface area contributed by atoms with Gasteiger partial charge in [0.1, 0.15) is 22.7 Å². The van der Waals surface area contributed by atoms with Crippen molar-refractivity contribution in [1.82, 2.24) is 14.8 Å². The van der Waals surface area contributed by atoms with E-state index in [1.54, 1.807) is 36.4 Å². The van der Waals surface area contributed by atoms with Gasteiger partial charge in [0, 0.05) is 37.8 Å². The van der Waals surface area contributed by atoms with Gasteiger partial charge in [-0.05, 0) is 55.3 Å². The van der Waals surface area contributed by atoms with Crippen molar-refractivity contribution < 1.29 is 44.6 Å². The molecule has 1 aliphatic rings. The number of aromatic nitrogens is 3. The number of aliphatic hydroxyl groups is 1. The van der Waals surface area contributed by atoms with Crippen LogP contribution in [0.3, 0.4) is 0 Å². The molecule has 1 aliphatic carbocycles. The molecule has 0 saturated heterocycles. The number of benzene rings is 2. The van der Waals surface area contributed by atoms with Crippen LogP contribution in [0, 0.1) is 6.92 Å². The third kappa shape index (κ3) is 5.86. The van der Waals surface area contributed by atoms with Gasteiger partial charge in [0.2, 0.25) is 0 Å². The van der Waals surface area contributed by atoms with Gasteiger partial charge in [-0.15, -0.1) is 13.2 Å². The second kappa shape index (κ2) is 11.2. The highest BCUT2D eigenvalue weighted by Crippen LogP contribution is 2.54. The van der Waals surface area contributed by atoms with Gasteiger partial charge >= 0.3 is 12.3 Å². The maximum absolute atomic E-state index is 15.3. The first kappa shape index (κ1) is 33.1. The summed E-state index contributed by atoms with van der Waals surface area (Å²) >= 11 is 0. The van der Waals surface area contributed by atoms with E-state index in [4.69, 9.17) is 4.42 Å². The van der Waals surface area contributed by atoms with E-state index in [1.807, 2.05) is 0 Å². The zero-order valence-corrected chi connectivity index (χ0v) is 26.2. The molecule has 1 unspecified atom stereocenters. The summed E-state index contributed by atoms with van der Waals surface area (Å²) in [4.78, 5) is 4.43. The summed E-state index contributed by atoms with van der Waals surface area (Å²) in [5.41, 5.74) is -1.73. The van der Waals surface area contributed by atoms with Crippen LogP contribution in [0.15, 0.2) is 77.2 Å². The minimum atomic E-state index is -4.93. The summed E-state index contributed by atoms with van der Waals surface area (Å²) in [5.74, 6) is -4.43. The molecule has 2 aromatic heterocycles. The summed E-state index contributed by atoms with van der Waals surface area (Å²) in [6, 6.07) is 14.6. The van der Waals surface area contributed by atoms with E-state index in [9.17, 15) is 26.7 Å². The van der Waals surface area contributed by atoms with E-state index in [0.717, 1.165) is 43.0 Å². The standard InChI is InChI=1S/C32H30F5N3O5S/c1-19-38-27(21-11-14-23(15-12-21)45-32(35,36)37)28(44-19)30(46(5,42)43)18-22(20-9-7-6-8-10-20)13-16-24(30)25-17-26(39-40(25)4)31(33,34)29(2,3)41/h6-17,41H,18H2,1-5H3. The Hall–Kier alpha value is -4.30. The van der Waals surface area contributed by atoms with Crippen LogP contribution in [0.2, 0.25) is 0 Å². The molecule has 1 N–H and O–H groups in total. The first-order valence-electron chi connectivity index (χ1n) is 13.9. The van der Waals surface area contributed by atoms with Gasteiger partial charge in [0.15, 0.2) is 26.2 Å². The van der Waals surface area contributed by atoms with Crippen LogP contribution in [0.4, 0.5) is 22.0 Å². The normalized spacial score (nSPS) is 17.9. The Balaban J connectivity index is 1.79. The molecule has 2 heterocycles. The number of rotatable bonds is 8. The number of halogens is 5. The molecule has 1 atom stereocenters. The molecule has 244 valence electrons. The summed E-state index contributed by atoms with van der Waals surface area (Å²) in [6.45, 7) is 3.35. The van der Waals surface area contributed by atoms with E-state index in [1.165, 1.54) is 32.2 Å². The number of oxazole rings is 1. The van der Waals surface area contributed by atoms with Crippen molar-refractivity contribution in [3.05, 3.63) is 101 Å². The number of hydrogen-bond acceptors (Lipinski definition) is 7. The maximum atomic E-state index is 15.3. The molecule has 0 bridgehead atoms. The van der Waals surface area contributed by atoms with Crippen LogP contribution in [0.25, 0.3) is 22.4 Å². The second-order valence-corrected chi connectivity index (χ2v) is 13.8. The molecule has 0 aliphatic heterocycles. The highest BCUT2D eigenvalue weighted by Gasteiger charge is 2.55. The zero-order valence-electron chi connectivity index (χ0n) is 25.4. The largest absolute Gasteiger partial charge is 0.573 e. The van der Waals surface area contributed by atoms with Gasteiger partial charge in [-0.25, -0.2) is 13.4 Å². The molecule has 5 rings (SSSR count). The summed E-state index contributed by atoms with van der Waals surface area (Å²) < 4.78 is 107. The molecule has 0 saturated carbocycles. The van der Waals surface area contributed by atoms with Gasteiger partial charge in [-0.3, -0.25) is 4.68 Å². The van der Waals surface area contributed by atoms with Crippen LogP contribution in [-0.4, -0.2) is 46.5 Å². The Bertz CT molecular complexity index is 1940. The quantitative estimate of drug-likeness (QED) is 0.203. The van der Waals surface area contributed by atoms with Crippen molar-refractivity contribution in [3.63, 3.8) is 0 Å². The Labute approximate surface area is 261 Å². The average Bonchev–Trinajstić information content (AvgIpc) is 3.54. The topological polar surface area (TPSA) is 107 Å². The lowest BCUT2D eigenvalue weighted by Gasteiger charge is -2.36. The molecule has 0 amide bonds. The van der Waals surface area contributed by atoms with Crippen LogP contribution in [0.1, 0.15) is 48.9 Å². The second-order valence-electron chi connectivity index (χ2n) is 11.6. The van der Waals surface area contributed by atoms with Crippen molar-refractivity contribution in [3.8, 4) is 17.0 Å². The lowest BCUT2D eigenvalue weighted by Crippen LogP contribution is -2.40. The van der Waals surface area contributed by atoms with E-state index < -0.39 is 43.9 Å². The predicted molar refractivity (Wildman–Crippen MR) is 160 cm³/mol. The van der Waals surface area contributed by atoms with Crippen LogP contribution in [0.5, 0.6) is 5.75 Å². The first-order valence-corrected chi connectivity index (χ1v) is 15.8. The number of sulfone groups is 1. The molecule has 2 aromatic carbocycles. The SMILES string of the molecule is Cc1nc(-c2ccc(OC(F)(F)F)cc2)c(C2(S(C)(=O)=O)CC(c3ccccc3)=CC=C2c2cc(C(F)(F)C(C)(C)O)nn2C)o1. The van der Waals surface area contributed by atoms with Crippen LogP contribution >= 0.6 is 0 Å². The Morgan fingerprint density at radius 3 is 2.17 bits per heavy atom. The third-order valence-electron chi connectivity index (χ3n) is 7.81. The third-order valence-corrected chi connectivity index (χ3v) is 9.63. The summed E-state index contributed by atoms with van der Waals surface area (Å²) in [7, 11) is -2.92. The lowest BCUT2D eigenvalue weighted by atomic mass is 9.79. The number of allylic oxidation sites excluding steroid dienone is 3. The first-order chi connectivity index (χ1) is 21.2. The molecule has 4 aromatic rings. The highest BCUT2D eigenvalue weighted by atomic mass is 32.2. The average molecular weight is 664 g/mol. The fraction of sp³-hybridized carbons (Fsp3) is 0.312. The van der Waals surface area contributed by atoms with Crippen molar-refractivity contribution >= 4 is 21.0 Å². The Kier molecular flexibility index (Phi) is 8.05. The van der Waals surface area contributed by atoms with Crippen molar-refractivity contribution in [1.29, 1.82) is 0 Å². The van der Waals surface area contributed by atoms with Crippen LogP contribution in [-0.2, 0) is 27.6 Å². The Morgan fingerprint density at radius 2 is 1.61 bits per heavy atom. The number of alkyl halides is 5. The summed E-state index contributed by atoms with van der Waals surface area (Å²) in [6.07, 6.45) is -0.983. The fourth-order valence-corrected chi connectivity index (χ4v) is 6.95. The maximum Gasteiger partial charge on any atom is 0.573 e. The molecule has 14 heteroatoms. The van der Waals surface area contributed by atoms with Crippen molar-refractivity contribution in [2.75, 3.05) is 6.26 Å². The van der Waals surface area contributed by atoms with E-state index in [0.29, 0.717) is 11.1 Å². The van der Waals surface area contributed by atoms with E-state index in [2.05, 4.69) is 14.8 Å². The van der Waals surface area contributed by atoms with E-state index in [-0.39, 0.29) is 40.6 Å².